The molecule has 0 aliphatic carbocycles. The summed E-state index contributed by atoms with van der Waals surface area (Å²) < 4.78 is 0. The number of carbonyl (C=O) groups is 3. The number of hydrogen-bond donors (Lipinski definition) is 0. The molecule has 0 aromatic carbocycles. The first-order valence-corrected chi connectivity index (χ1v) is 3.22. The van der Waals surface area contributed by atoms with Crippen molar-refractivity contribution in [1.82, 2.24) is 0 Å². The lowest BCUT2D eigenvalue weighted by atomic mass is 9.96. The largest absolute Gasteiger partial charge is 0.304 e. The lowest BCUT2D eigenvalue weighted by molar-refractivity contribution is -0.132. The summed E-state index contributed by atoms with van der Waals surface area (Å²) in [6.07, 6.45) is -0.0237. The summed E-state index contributed by atoms with van der Waals surface area (Å²) in [5.41, 5.74) is -1.18. The molecule has 0 fully saturated rings. The molecule has 1 atom stereocenters. The van der Waals surface area contributed by atoms with Gasteiger partial charge in [0.2, 0.25) is 0 Å². The molecule has 52 valence electrons. The van der Waals surface area contributed by atoms with Crippen LogP contribution in [0.15, 0.2) is 0 Å². The Hall–Kier alpha value is -0.495. The number of Topliss-reactive ketones (excluding diaryl/α,β-unsaturated/α-hetero) is 1. The standard InChI is InChI=1S/C5H6BO3P/c6-5(9)3(7)1-2-4(8)10/h1-2,10H2. The Bertz CT molecular complexity index is 178. The first-order valence-electron chi connectivity index (χ1n) is 2.65. The fraction of sp³-hybridized carbons (Fsp3) is 0.400. The quantitative estimate of drug-likeness (QED) is 0.311. The van der Waals surface area contributed by atoms with Gasteiger partial charge in [0, 0.05) is 12.8 Å². The molecule has 0 spiro atoms. The molecule has 2 radical (unpaired) electrons. The highest BCUT2D eigenvalue weighted by molar-refractivity contribution is 7.40. The van der Waals surface area contributed by atoms with Gasteiger partial charge in [-0.2, -0.15) is 0 Å². The first-order chi connectivity index (χ1) is 4.54. The van der Waals surface area contributed by atoms with Gasteiger partial charge < -0.3 is 4.79 Å². The van der Waals surface area contributed by atoms with E-state index in [0.717, 1.165) is 0 Å². The zero-order valence-electron chi connectivity index (χ0n) is 5.29. The van der Waals surface area contributed by atoms with E-state index < -0.39 is 11.5 Å². The van der Waals surface area contributed by atoms with Crippen LogP contribution in [-0.2, 0) is 14.4 Å². The molecule has 5 heteroatoms. The average Bonchev–Trinajstić information content (AvgIpc) is 1.82. The van der Waals surface area contributed by atoms with Crippen molar-refractivity contribution in [3.05, 3.63) is 0 Å². The maximum absolute atomic E-state index is 10.4. The smallest absolute Gasteiger partial charge is 0.187 e. The third kappa shape index (κ3) is 4.39. The van der Waals surface area contributed by atoms with Crippen LogP contribution in [0, 0.1) is 0 Å². The summed E-state index contributed by atoms with van der Waals surface area (Å²) >= 11 is 0. The highest BCUT2D eigenvalue weighted by Crippen LogP contribution is 1.97. The van der Waals surface area contributed by atoms with Gasteiger partial charge in [-0.25, -0.2) is 0 Å². The van der Waals surface area contributed by atoms with Crippen molar-refractivity contribution in [3.63, 3.8) is 0 Å². The molecule has 0 amide bonds. The third-order valence-electron chi connectivity index (χ3n) is 0.873. The maximum Gasteiger partial charge on any atom is 0.187 e. The van der Waals surface area contributed by atoms with Crippen LogP contribution in [0.1, 0.15) is 12.8 Å². The van der Waals surface area contributed by atoms with Crippen LogP contribution in [0.5, 0.6) is 0 Å². The Kier molecular flexibility index (Phi) is 4.13. The zero-order chi connectivity index (χ0) is 8.15. The van der Waals surface area contributed by atoms with Crippen molar-refractivity contribution in [2.45, 2.75) is 12.8 Å². The minimum Gasteiger partial charge on any atom is -0.304 e. The zero-order valence-corrected chi connectivity index (χ0v) is 6.45. The molecule has 0 aromatic heterocycles. The molecule has 0 aliphatic heterocycles. The number of rotatable bonds is 4. The fourth-order valence-corrected chi connectivity index (χ4v) is 0.504. The summed E-state index contributed by atoms with van der Waals surface area (Å²) in [6.45, 7) is 0. The maximum atomic E-state index is 10.4. The molecule has 0 N–H and O–H groups in total. The molecule has 3 nitrogen and oxygen atoms in total. The van der Waals surface area contributed by atoms with E-state index in [0.29, 0.717) is 0 Å². The van der Waals surface area contributed by atoms with E-state index in [1.165, 1.54) is 0 Å². The topological polar surface area (TPSA) is 51.2 Å². The van der Waals surface area contributed by atoms with Crippen LogP contribution in [-0.4, -0.2) is 24.8 Å². The third-order valence-corrected chi connectivity index (χ3v) is 1.16. The molecular formula is C5H6BO3P. The van der Waals surface area contributed by atoms with Crippen LogP contribution >= 0.6 is 9.24 Å². The number of ketones is 1. The van der Waals surface area contributed by atoms with Crippen molar-refractivity contribution in [2.75, 3.05) is 0 Å². The molecule has 0 saturated carbocycles. The SMILES string of the molecule is [B]C(=O)C(=O)CCC(=O)P. The molecule has 0 aromatic rings. The van der Waals surface area contributed by atoms with Crippen LogP contribution in [0.4, 0.5) is 0 Å². The van der Waals surface area contributed by atoms with Gasteiger partial charge >= 0.3 is 0 Å². The molecule has 0 rings (SSSR count). The van der Waals surface area contributed by atoms with Crippen molar-refractivity contribution >= 4 is 34.1 Å². The molecule has 0 aliphatic rings. The molecule has 1 unspecified atom stereocenters. The van der Waals surface area contributed by atoms with Crippen LogP contribution in [0.25, 0.3) is 0 Å². The normalized spacial score (nSPS) is 8.90. The van der Waals surface area contributed by atoms with Crippen LogP contribution in [0.2, 0.25) is 0 Å². The summed E-state index contributed by atoms with van der Waals surface area (Å²) in [5.74, 6) is -0.698. The van der Waals surface area contributed by atoms with Crippen molar-refractivity contribution in [1.29, 1.82) is 0 Å². The minimum absolute atomic E-state index is 0.0619. The van der Waals surface area contributed by atoms with Gasteiger partial charge in [-0.1, -0.05) is 9.24 Å². The van der Waals surface area contributed by atoms with E-state index in [2.05, 4.69) is 7.85 Å². The van der Waals surface area contributed by atoms with E-state index in [-0.39, 0.29) is 18.4 Å². The summed E-state index contributed by atoms with van der Waals surface area (Å²) in [6, 6.07) is 0. The Labute approximate surface area is 62.2 Å². The van der Waals surface area contributed by atoms with Gasteiger partial charge in [0.15, 0.2) is 13.6 Å². The van der Waals surface area contributed by atoms with Gasteiger partial charge in [-0.05, 0) is 0 Å². The van der Waals surface area contributed by atoms with Crippen molar-refractivity contribution in [2.24, 2.45) is 0 Å². The highest BCUT2D eigenvalue weighted by Gasteiger charge is 2.07. The minimum atomic E-state index is -0.980. The van der Waals surface area contributed by atoms with E-state index in [1.54, 1.807) is 0 Å². The molecule has 10 heavy (non-hydrogen) atoms. The fourth-order valence-electron chi connectivity index (χ4n) is 0.360. The van der Waals surface area contributed by atoms with Crippen molar-refractivity contribution in [3.8, 4) is 0 Å². The Morgan fingerprint density at radius 1 is 1.20 bits per heavy atom. The number of hydrogen-bond acceptors (Lipinski definition) is 3. The van der Waals surface area contributed by atoms with Crippen molar-refractivity contribution < 1.29 is 14.4 Å². The number of carbonyl (C=O) groups excluding carboxylic acids is 3. The van der Waals surface area contributed by atoms with Gasteiger partial charge in [0.1, 0.15) is 11.2 Å². The predicted molar refractivity (Wildman–Crippen MR) is 39.7 cm³/mol. The second kappa shape index (κ2) is 4.34. The predicted octanol–water partition coefficient (Wildman–Crippen LogP) is -0.568. The van der Waals surface area contributed by atoms with Gasteiger partial charge in [-0.15, -0.1) is 0 Å². The second-order valence-electron chi connectivity index (χ2n) is 1.75. The van der Waals surface area contributed by atoms with E-state index in [1.807, 2.05) is 9.24 Å². The molecule has 0 bridgehead atoms. The van der Waals surface area contributed by atoms with E-state index in [9.17, 15) is 14.4 Å². The Morgan fingerprint density at radius 2 is 1.70 bits per heavy atom. The molecule has 0 heterocycles. The highest BCUT2D eigenvalue weighted by atomic mass is 31.0. The van der Waals surface area contributed by atoms with Crippen LogP contribution < -0.4 is 0 Å². The lowest BCUT2D eigenvalue weighted by Gasteiger charge is -1.91. The van der Waals surface area contributed by atoms with Gasteiger partial charge in [0.05, 0.1) is 0 Å². The second-order valence-corrected chi connectivity index (χ2v) is 2.40. The Balaban J connectivity index is 3.60. The molecule has 0 saturated heterocycles. The first kappa shape index (κ1) is 9.50. The average molecular weight is 156 g/mol. The van der Waals surface area contributed by atoms with Gasteiger partial charge in [-0.3, -0.25) is 9.59 Å². The van der Waals surface area contributed by atoms with Gasteiger partial charge in [0.25, 0.3) is 0 Å². The molecular weight excluding hydrogens is 150 g/mol. The lowest BCUT2D eigenvalue weighted by Crippen LogP contribution is -2.13. The van der Waals surface area contributed by atoms with E-state index in [4.69, 9.17) is 0 Å². The summed E-state index contributed by atoms with van der Waals surface area (Å²) in [7, 11) is 6.53. The Morgan fingerprint density at radius 3 is 2.00 bits per heavy atom. The summed E-state index contributed by atoms with van der Waals surface area (Å²) in [4.78, 5) is 30.7. The van der Waals surface area contributed by atoms with E-state index >= 15 is 0 Å². The summed E-state index contributed by atoms with van der Waals surface area (Å²) in [5, 5.41) is 0. The monoisotopic (exact) mass is 156 g/mol. The van der Waals surface area contributed by atoms with Crippen LogP contribution in [0.3, 0.4) is 0 Å².